The van der Waals surface area contributed by atoms with E-state index in [1.165, 1.54) is 11.3 Å². The van der Waals surface area contributed by atoms with E-state index in [0.29, 0.717) is 18.6 Å². The van der Waals surface area contributed by atoms with Crippen molar-refractivity contribution in [2.45, 2.75) is 43.3 Å². The average Bonchev–Trinajstić information content (AvgIpc) is 3.33. The minimum atomic E-state index is -0.765. The molecule has 0 radical (unpaired) electrons. The molecule has 1 aliphatic heterocycles. The van der Waals surface area contributed by atoms with E-state index >= 15 is 0 Å². The number of fused-ring (bicyclic) bond motifs is 1. The van der Waals surface area contributed by atoms with Gasteiger partial charge in [0.15, 0.2) is 0 Å². The minimum absolute atomic E-state index is 0.289. The first-order valence-electron chi connectivity index (χ1n) is 10.4. The molecule has 0 spiro atoms. The summed E-state index contributed by atoms with van der Waals surface area (Å²) < 4.78 is 7.50. The number of methoxy groups -OCH3 is 1. The lowest BCUT2D eigenvalue weighted by Gasteiger charge is -2.37. The molecule has 0 atom stereocenters. The van der Waals surface area contributed by atoms with E-state index in [2.05, 4.69) is 9.88 Å². The predicted octanol–water partition coefficient (Wildman–Crippen LogP) is 2.13. The van der Waals surface area contributed by atoms with Gasteiger partial charge in [0.2, 0.25) is 10.1 Å². The number of nitrogens with zero attached hydrogens (tertiary/aromatic N) is 4. The van der Waals surface area contributed by atoms with Crippen molar-refractivity contribution in [2.75, 3.05) is 31.6 Å². The van der Waals surface area contributed by atoms with E-state index in [9.17, 15) is 10.2 Å². The van der Waals surface area contributed by atoms with Gasteiger partial charge in [0.05, 0.1) is 30.2 Å². The zero-order chi connectivity index (χ0) is 20.9. The topological polar surface area (TPSA) is 109 Å². The molecule has 2 aliphatic rings. The van der Waals surface area contributed by atoms with Gasteiger partial charge in [-0.3, -0.25) is 0 Å². The highest BCUT2D eigenvalue weighted by Crippen LogP contribution is 2.44. The molecule has 0 bridgehead atoms. The third kappa shape index (κ3) is 3.17. The highest BCUT2D eigenvalue weighted by Gasteiger charge is 2.37. The molecule has 8 nitrogen and oxygen atoms in total. The molecular weight excluding hydrogens is 402 g/mol. The number of benzene rings is 1. The van der Waals surface area contributed by atoms with Crippen LogP contribution < -0.4 is 15.4 Å². The smallest absolute Gasteiger partial charge is 0.214 e. The van der Waals surface area contributed by atoms with E-state index in [4.69, 9.17) is 15.6 Å². The Kier molecular flexibility index (Phi) is 4.73. The summed E-state index contributed by atoms with van der Waals surface area (Å²) in [6, 6.07) is 5.89. The molecule has 30 heavy (non-hydrogen) atoms. The Labute approximate surface area is 178 Å². The SMILES string of the molecule is COc1cc(C2(O)CCC2)ccc1-c1cnc2sc(N3CCC(O)(CN)CC3)nn12. The first kappa shape index (κ1) is 19.7. The lowest BCUT2D eigenvalue weighted by molar-refractivity contribution is -0.0389. The monoisotopic (exact) mass is 429 g/mol. The quantitative estimate of drug-likeness (QED) is 0.570. The number of piperidine rings is 1. The second-order valence-electron chi connectivity index (χ2n) is 8.44. The van der Waals surface area contributed by atoms with Crippen LogP contribution in [0.1, 0.15) is 37.7 Å². The van der Waals surface area contributed by atoms with Crippen LogP contribution in [0.2, 0.25) is 0 Å². The lowest BCUT2D eigenvalue weighted by atomic mass is 9.75. The zero-order valence-electron chi connectivity index (χ0n) is 17.0. The van der Waals surface area contributed by atoms with Gasteiger partial charge in [0, 0.05) is 25.2 Å². The molecule has 0 unspecified atom stereocenters. The molecule has 1 saturated carbocycles. The number of aromatic nitrogens is 3. The van der Waals surface area contributed by atoms with Gasteiger partial charge in [-0.1, -0.05) is 17.4 Å². The van der Waals surface area contributed by atoms with Crippen LogP contribution in [0.15, 0.2) is 24.4 Å². The summed E-state index contributed by atoms with van der Waals surface area (Å²) in [6.07, 6.45) is 5.70. The number of anilines is 1. The third-order valence-electron chi connectivity index (χ3n) is 6.61. The first-order chi connectivity index (χ1) is 14.4. The molecule has 2 aromatic heterocycles. The Morgan fingerprint density at radius 3 is 2.60 bits per heavy atom. The number of ether oxygens (including phenoxy) is 1. The van der Waals surface area contributed by atoms with Gasteiger partial charge in [-0.15, -0.1) is 5.10 Å². The number of imidazole rings is 1. The average molecular weight is 430 g/mol. The fourth-order valence-corrected chi connectivity index (χ4v) is 5.23. The number of aliphatic hydroxyl groups is 2. The van der Waals surface area contributed by atoms with E-state index in [-0.39, 0.29) is 6.54 Å². The van der Waals surface area contributed by atoms with Crippen molar-refractivity contribution < 1.29 is 14.9 Å². The Bertz CT molecular complexity index is 1070. The summed E-state index contributed by atoms with van der Waals surface area (Å²) in [6.45, 7) is 1.73. The Morgan fingerprint density at radius 2 is 1.97 bits per heavy atom. The van der Waals surface area contributed by atoms with Crippen LogP contribution in [0, 0.1) is 0 Å². The van der Waals surface area contributed by atoms with Crippen molar-refractivity contribution in [3.63, 3.8) is 0 Å². The van der Waals surface area contributed by atoms with Gasteiger partial charge in [0.25, 0.3) is 0 Å². The molecule has 5 rings (SSSR count). The Hall–Kier alpha value is -2.20. The van der Waals surface area contributed by atoms with Crippen LogP contribution in [0.4, 0.5) is 5.13 Å². The summed E-state index contributed by atoms with van der Waals surface area (Å²) in [5.74, 6) is 0.704. The van der Waals surface area contributed by atoms with Gasteiger partial charge in [-0.05, 0) is 49.8 Å². The summed E-state index contributed by atoms with van der Waals surface area (Å²) >= 11 is 1.53. The highest BCUT2D eigenvalue weighted by molar-refractivity contribution is 7.20. The van der Waals surface area contributed by atoms with Gasteiger partial charge in [0.1, 0.15) is 5.75 Å². The fourth-order valence-electron chi connectivity index (χ4n) is 4.31. The molecule has 4 N–H and O–H groups in total. The second kappa shape index (κ2) is 7.19. The normalized spacial score (nSPS) is 20.3. The third-order valence-corrected chi connectivity index (χ3v) is 7.60. The van der Waals surface area contributed by atoms with E-state index < -0.39 is 11.2 Å². The fraction of sp³-hybridized carbons (Fsp3) is 0.524. The van der Waals surface area contributed by atoms with Gasteiger partial charge in [-0.2, -0.15) is 0 Å². The summed E-state index contributed by atoms with van der Waals surface area (Å²) in [7, 11) is 1.64. The maximum atomic E-state index is 10.7. The second-order valence-corrected chi connectivity index (χ2v) is 9.37. The van der Waals surface area contributed by atoms with Crippen LogP contribution in [0.5, 0.6) is 5.75 Å². The number of hydrogen-bond donors (Lipinski definition) is 3. The molecule has 2 fully saturated rings. The zero-order valence-corrected chi connectivity index (χ0v) is 17.9. The molecule has 1 aromatic carbocycles. The van der Waals surface area contributed by atoms with Crippen LogP contribution >= 0.6 is 11.3 Å². The Balaban J connectivity index is 1.46. The number of rotatable bonds is 5. The molecule has 0 amide bonds. The minimum Gasteiger partial charge on any atom is -0.496 e. The van der Waals surface area contributed by atoms with Crippen LogP contribution in [0.3, 0.4) is 0 Å². The van der Waals surface area contributed by atoms with Gasteiger partial charge < -0.3 is 25.6 Å². The van der Waals surface area contributed by atoms with Crippen molar-refractivity contribution in [3.05, 3.63) is 30.0 Å². The molecule has 160 valence electrons. The number of nitrogens with two attached hydrogens (primary N) is 1. The van der Waals surface area contributed by atoms with Crippen molar-refractivity contribution in [2.24, 2.45) is 5.73 Å². The van der Waals surface area contributed by atoms with Crippen molar-refractivity contribution in [1.82, 2.24) is 14.6 Å². The maximum absolute atomic E-state index is 10.7. The standard InChI is InChI=1S/C21H27N5O3S/c1-29-17-11-14(21(28)5-2-6-21)3-4-15(17)16-12-23-18-26(16)24-19(30-18)25-9-7-20(27,13-22)8-10-25/h3-4,11-12,27-28H,2,5-10,13,22H2,1H3. The van der Waals surface area contributed by atoms with E-state index in [1.54, 1.807) is 7.11 Å². The summed E-state index contributed by atoms with van der Waals surface area (Å²) in [5.41, 5.74) is 6.85. The van der Waals surface area contributed by atoms with E-state index in [1.807, 2.05) is 28.9 Å². The lowest BCUT2D eigenvalue weighted by Crippen LogP contribution is -2.48. The molecule has 1 saturated heterocycles. The molecule has 3 aromatic rings. The summed E-state index contributed by atoms with van der Waals surface area (Å²) in [5, 5.41) is 26.7. The van der Waals surface area contributed by atoms with Crippen molar-refractivity contribution in [1.29, 1.82) is 0 Å². The molecule has 1 aliphatic carbocycles. The largest absolute Gasteiger partial charge is 0.496 e. The number of hydrogen-bond acceptors (Lipinski definition) is 8. The van der Waals surface area contributed by atoms with Crippen LogP contribution in [-0.2, 0) is 5.60 Å². The summed E-state index contributed by atoms with van der Waals surface area (Å²) in [4.78, 5) is 7.54. The van der Waals surface area contributed by atoms with Gasteiger partial charge in [-0.25, -0.2) is 9.50 Å². The Morgan fingerprint density at radius 1 is 1.20 bits per heavy atom. The van der Waals surface area contributed by atoms with Crippen LogP contribution in [-0.4, -0.2) is 57.2 Å². The van der Waals surface area contributed by atoms with Crippen molar-refractivity contribution in [3.8, 4) is 17.0 Å². The predicted molar refractivity (Wildman–Crippen MR) is 116 cm³/mol. The van der Waals surface area contributed by atoms with E-state index in [0.717, 1.165) is 59.3 Å². The van der Waals surface area contributed by atoms with Gasteiger partial charge >= 0.3 is 0 Å². The highest BCUT2D eigenvalue weighted by atomic mass is 32.1. The maximum Gasteiger partial charge on any atom is 0.214 e. The molecule has 9 heteroatoms. The van der Waals surface area contributed by atoms with Crippen LogP contribution in [0.25, 0.3) is 16.2 Å². The molecular formula is C21H27N5O3S. The first-order valence-corrected chi connectivity index (χ1v) is 11.2. The molecule has 3 heterocycles. The van der Waals surface area contributed by atoms with Crippen molar-refractivity contribution >= 4 is 21.4 Å².